The highest BCUT2D eigenvalue weighted by atomic mass is 16.5. The summed E-state index contributed by atoms with van der Waals surface area (Å²) in [5, 5.41) is 3.33. The Balaban J connectivity index is 1.90. The Morgan fingerprint density at radius 1 is 1.22 bits per heavy atom. The third kappa shape index (κ3) is 6.77. The number of amides is 1. The largest absolute Gasteiger partial charge is 0.378 e. The number of allylic oxidation sites excluding steroid dienone is 1. The summed E-state index contributed by atoms with van der Waals surface area (Å²) in [5.74, 6) is 0.248. The predicted molar refractivity (Wildman–Crippen MR) is 73.6 cm³/mol. The van der Waals surface area contributed by atoms with E-state index in [0.717, 1.165) is 32.6 Å². The second-order valence-corrected chi connectivity index (χ2v) is 4.63. The summed E-state index contributed by atoms with van der Waals surface area (Å²) < 4.78 is 5.22. The van der Waals surface area contributed by atoms with Crippen LogP contribution < -0.4 is 5.32 Å². The quantitative estimate of drug-likeness (QED) is 0.501. The molecule has 0 radical (unpaired) electrons. The Morgan fingerprint density at radius 3 is 2.72 bits per heavy atom. The van der Waals surface area contributed by atoms with Crippen molar-refractivity contribution in [1.29, 1.82) is 0 Å². The molecule has 1 aliphatic heterocycles. The van der Waals surface area contributed by atoms with E-state index in [4.69, 9.17) is 4.74 Å². The van der Waals surface area contributed by atoms with Crippen molar-refractivity contribution in [3.05, 3.63) is 12.7 Å². The Bertz CT molecular complexity index is 238. The van der Waals surface area contributed by atoms with Gasteiger partial charge in [0, 0.05) is 26.1 Å². The molecule has 4 heteroatoms. The van der Waals surface area contributed by atoms with E-state index >= 15 is 0 Å². The van der Waals surface area contributed by atoms with Gasteiger partial charge < -0.3 is 15.0 Å². The molecular formula is C14H26N2O2. The molecule has 0 aromatic heterocycles. The molecule has 1 aliphatic rings. The van der Waals surface area contributed by atoms with Gasteiger partial charge in [-0.25, -0.2) is 0 Å². The fourth-order valence-electron chi connectivity index (χ4n) is 2.01. The monoisotopic (exact) mass is 254 g/mol. The number of ether oxygens (including phenoxy) is 1. The van der Waals surface area contributed by atoms with E-state index in [0.29, 0.717) is 19.6 Å². The van der Waals surface area contributed by atoms with Gasteiger partial charge in [0.25, 0.3) is 0 Å². The summed E-state index contributed by atoms with van der Waals surface area (Å²) in [5.41, 5.74) is 0. The molecule has 0 aliphatic carbocycles. The number of rotatable bonds is 9. The lowest BCUT2D eigenvalue weighted by molar-refractivity contribution is -0.135. The minimum absolute atomic E-state index is 0.248. The van der Waals surface area contributed by atoms with E-state index in [2.05, 4.69) is 11.9 Å². The maximum absolute atomic E-state index is 11.8. The molecule has 1 rings (SSSR count). The predicted octanol–water partition coefficient (Wildman–Crippen LogP) is 1.57. The Morgan fingerprint density at radius 2 is 2.00 bits per heavy atom. The Kier molecular flexibility index (Phi) is 8.51. The molecule has 1 N–H and O–H groups in total. The van der Waals surface area contributed by atoms with Crippen molar-refractivity contribution in [3.63, 3.8) is 0 Å². The highest BCUT2D eigenvalue weighted by Crippen LogP contribution is 2.00. The molecule has 1 heterocycles. The topological polar surface area (TPSA) is 41.6 Å². The lowest BCUT2D eigenvalue weighted by Crippen LogP contribution is -2.41. The standard InChI is InChI=1S/C14H26N2O2/c1-2-3-4-5-6-8-15-9-7-14(17)16-10-12-18-13-11-16/h2,15H,1,3-13H2. The number of hydrogen-bond acceptors (Lipinski definition) is 3. The van der Waals surface area contributed by atoms with Gasteiger partial charge in [-0.3, -0.25) is 4.79 Å². The lowest BCUT2D eigenvalue weighted by atomic mass is 10.2. The van der Waals surface area contributed by atoms with Crippen LogP contribution in [0.3, 0.4) is 0 Å². The van der Waals surface area contributed by atoms with Gasteiger partial charge in [0.15, 0.2) is 0 Å². The lowest BCUT2D eigenvalue weighted by Gasteiger charge is -2.26. The molecule has 0 bridgehead atoms. The smallest absolute Gasteiger partial charge is 0.224 e. The molecule has 1 saturated heterocycles. The maximum atomic E-state index is 11.8. The summed E-state index contributed by atoms with van der Waals surface area (Å²) in [7, 11) is 0. The van der Waals surface area contributed by atoms with E-state index in [1.807, 2.05) is 11.0 Å². The van der Waals surface area contributed by atoms with Crippen LogP contribution in [0.5, 0.6) is 0 Å². The average molecular weight is 254 g/mol. The van der Waals surface area contributed by atoms with Crippen LogP contribution in [0.15, 0.2) is 12.7 Å². The van der Waals surface area contributed by atoms with E-state index in [1.165, 1.54) is 19.3 Å². The Hall–Kier alpha value is -0.870. The molecule has 1 amide bonds. The maximum Gasteiger partial charge on any atom is 0.224 e. The van der Waals surface area contributed by atoms with Crippen molar-refractivity contribution in [2.75, 3.05) is 39.4 Å². The first kappa shape index (κ1) is 15.2. The van der Waals surface area contributed by atoms with Gasteiger partial charge >= 0.3 is 0 Å². The van der Waals surface area contributed by atoms with Crippen LogP contribution in [0, 0.1) is 0 Å². The van der Waals surface area contributed by atoms with Gasteiger partial charge in [-0.15, -0.1) is 6.58 Å². The second kappa shape index (κ2) is 10.1. The van der Waals surface area contributed by atoms with Crippen molar-refractivity contribution in [2.24, 2.45) is 0 Å². The highest BCUT2D eigenvalue weighted by Gasteiger charge is 2.15. The molecular weight excluding hydrogens is 228 g/mol. The second-order valence-electron chi connectivity index (χ2n) is 4.63. The van der Waals surface area contributed by atoms with Crippen molar-refractivity contribution < 1.29 is 9.53 Å². The third-order valence-electron chi connectivity index (χ3n) is 3.14. The first-order valence-corrected chi connectivity index (χ1v) is 7.01. The molecule has 1 fully saturated rings. The van der Waals surface area contributed by atoms with Crippen molar-refractivity contribution in [1.82, 2.24) is 10.2 Å². The molecule has 0 unspecified atom stereocenters. The van der Waals surface area contributed by atoms with E-state index < -0.39 is 0 Å². The minimum Gasteiger partial charge on any atom is -0.378 e. The molecule has 18 heavy (non-hydrogen) atoms. The number of carbonyl (C=O) groups is 1. The number of nitrogens with zero attached hydrogens (tertiary/aromatic N) is 1. The average Bonchev–Trinajstić information content (AvgIpc) is 2.42. The van der Waals surface area contributed by atoms with Crippen LogP contribution in [-0.2, 0) is 9.53 Å². The van der Waals surface area contributed by atoms with Gasteiger partial charge in [0.2, 0.25) is 5.91 Å². The molecule has 0 aromatic carbocycles. The van der Waals surface area contributed by atoms with Crippen molar-refractivity contribution >= 4 is 5.91 Å². The molecule has 4 nitrogen and oxygen atoms in total. The fraction of sp³-hybridized carbons (Fsp3) is 0.786. The van der Waals surface area contributed by atoms with E-state index in [9.17, 15) is 4.79 Å². The number of carbonyl (C=O) groups excluding carboxylic acids is 1. The number of hydrogen-bond donors (Lipinski definition) is 1. The molecule has 104 valence electrons. The van der Waals surface area contributed by atoms with Crippen molar-refractivity contribution in [3.8, 4) is 0 Å². The highest BCUT2D eigenvalue weighted by molar-refractivity contribution is 5.76. The molecule has 0 aromatic rings. The normalized spacial score (nSPS) is 15.7. The molecule has 0 spiro atoms. The van der Waals surface area contributed by atoms with Crippen LogP contribution in [0.4, 0.5) is 0 Å². The SMILES string of the molecule is C=CCCCCCNCCC(=O)N1CCOCC1. The van der Waals surface area contributed by atoms with Gasteiger partial charge in [-0.05, 0) is 25.8 Å². The zero-order valence-electron chi connectivity index (χ0n) is 11.3. The van der Waals surface area contributed by atoms with Crippen LogP contribution in [0.1, 0.15) is 32.1 Å². The summed E-state index contributed by atoms with van der Waals surface area (Å²) >= 11 is 0. The van der Waals surface area contributed by atoms with Crippen LogP contribution in [-0.4, -0.2) is 50.2 Å². The van der Waals surface area contributed by atoms with Gasteiger partial charge in [0.05, 0.1) is 13.2 Å². The fourth-order valence-corrected chi connectivity index (χ4v) is 2.01. The molecule has 0 saturated carbocycles. The van der Waals surface area contributed by atoms with Gasteiger partial charge in [-0.2, -0.15) is 0 Å². The zero-order chi connectivity index (χ0) is 13.1. The van der Waals surface area contributed by atoms with Crippen LogP contribution in [0.2, 0.25) is 0 Å². The first-order chi connectivity index (χ1) is 8.84. The van der Waals surface area contributed by atoms with E-state index in [1.54, 1.807) is 0 Å². The Labute approximate surface area is 110 Å². The summed E-state index contributed by atoms with van der Waals surface area (Å²) in [4.78, 5) is 13.7. The minimum atomic E-state index is 0.248. The number of morpholine rings is 1. The summed E-state index contributed by atoms with van der Waals surface area (Å²) in [6.45, 7) is 8.37. The van der Waals surface area contributed by atoms with Crippen LogP contribution >= 0.6 is 0 Å². The number of unbranched alkanes of at least 4 members (excludes halogenated alkanes) is 3. The van der Waals surface area contributed by atoms with Crippen molar-refractivity contribution in [2.45, 2.75) is 32.1 Å². The van der Waals surface area contributed by atoms with E-state index in [-0.39, 0.29) is 5.91 Å². The third-order valence-corrected chi connectivity index (χ3v) is 3.14. The number of nitrogens with one attached hydrogen (secondary N) is 1. The van der Waals surface area contributed by atoms with Gasteiger partial charge in [-0.1, -0.05) is 12.5 Å². The first-order valence-electron chi connectivity index (χ1n) is 7.01. The molecule has 0 atom stereocenters. The summed E-state index contributed by atoms with van der Waals surface area (Å²) in [6.07, 6.45) is 7.31. The van der Waals surface area contributed by atoms with Crippen LogP contribution in [0.25, 0.3) is 0 Å². The van der Waals surface area contributed by atoms with Gasteiger partial charge in [0.1, 0.15) is 0 Å². The zero-order valence-corrected chi connectivity index (χ0v) is 11.3. The summed E-state index contributed by atoms with van der Waals surface area (Å²) in [6, 6.07) is 0.